The summed E-state index contributed by atoms with van der Waals surface area (Å²) in [5.41, 5.74) is 10.6. The van der Waals surface area contributed by atoms with Crippen molar-refractivity contribution in [2.45, 2.75) is 34.6 Å². The van der Waals surface area contributed by atoms with Gasteiger partial charge in [0.1, 0.15) is 0 Å². The minimum Gasteiger partial charge on any atom is -0.361 e. The fourth-order valence-corrected chi connectivity index (χ4v) is 1.92. The van der Waals surface area contributed by atoms with E-state index in [0.717, 1.165) is 0 Å². The molecular weight excluding hydrogens is 318 g/mol. The van der Waals surface area contributed by atoms with Gasteiger partial charge in [-0.2, -0.15) is 0 Å². The molecule has 3 heteroatoms. The highest BCUT2D eigenvalue weighted by atomic mass is 14.7. The molecule has 1 heterocycles. The number of hydrogen-bond acceptors (Lipinski definition) is 0. The van der Waals surface area contributed by atoms with E-state index in [4.69, 9.17) is 0 Å². The molecule has 0 aliphatic heterocycles. The van der Waals surface area contributed by atoms with Crippen LogP contribution < -0.4 is 11.5 Å². The summed E-state index contributed by atoms with van der Waals surface area (Å²) >= 11 is 0. The smallest absolute Gasteiger partial charge is 0.0915 e. The maximum absolute atomic E-state index is 3.60. The molecule has 0 saturated carbocycles. The predicted molar refractivity (Wildman–Crippen MR) is 117 cm³/mol. The van der Waals surface area contributed by atoms with E-state index in [2.05, 4.69) is 48.2 Å². The van der Waals surface area contributed by atoms with Crippen LogP contribution in [0.2, 0.25) is 0 Å². The number of benzene rings is 2. The van der Waals surface area contributed by atoms with Crippen molar-refractivity contribution < 1.29 is 11.5 Å². The number of nitrogens with one attached hydrogen (secondary N) is 1. The average Bonchev–Trinajstić information content (AvgIpc) is 3.09. The monoisotopic (exact) mass is 355 g/mol. The maximum Gasteiger partial charge on any atom is 0.0915 e. The molecule has 0 fully saturated rings. The van der Waals surface area contributed by atoms with Gasteiger partial charge in [-0.05, 0) is 36.8 Å². The lowest BCUT2D eigenvalue weighted by Crippen LogP contribution is -2.38. The Hall–Kier alpha value is -2.62. The van der Waals surface area contributed by atoms with Gasteiger partial charge in [-0.25, -0.2) is 0 Å². The first-order valence-corrected chi connectivity index (χ1v) is 9.16. The third-order valence-electron chi connectivity index (χ3n) is 2.91. The average molecular weight is 356 g/mol. The van der Waals surface area contributed by atoms with E-state index in [-0.39, 0.29) is 0 Å². The number of para-hydroxylation sites is 1. The fourth-order valence-electron chi connectivity index (χ4n) is 1.92. The molecule has 3 nitrogen and oxygen atoms in total. The van der Waals surface area contributed by atoms with Crippen LogP contribution in [-0.4, -0.2) is 4.98 Å². The highest BCUT2D eigenvalue weighted by Crippen LogP contribution is 2.15. The van der Waals surface area contributed by atoms with Gasteiger partial charge in [-0.15, -0.1) is 0 Å². The summed E-state index contributed by atoms with van der Waals surface area (Å²) in [5.74, 6) is 0. The Balaban J connectivity index is 0. The van der Waals surface area contributed by atoms with Gasteiger partial charge in [0.05, 0.1) is 12.4 Å². The quantitative estimate of drug-likeness (QED) is 0.561. The molecule has 0 saturated heterocycles. The molecule has 0 atom stereocenters. The number of hydrogen-bond donors (Lipinski definition) is 3. The number of aromatic amines is 1. The summed E-state index contributed by atoms with van der Waals surface area (Å²) in [7, 11) is 0. The topological polar surface area (TPSA) is 71.1 Å². The van der Waals surface area contributed by atoms with Crippen molar-refractivity contribution in [3.8, 4) is 0 Å². The highest BCUT2D eigenvalue weighted by molar-refractivity contribution is 5.82. The zero-order chi connectivity index (χ0) is 20.2. The highest BCUT2D eigenvalue weighted by Gasteiger charge is 1.94. The van der Waals surface area contributed by atoms with Crippen molar-refractivity contribution in [3.05, 3.63) is 90.9 Å². The summed E-state index contributed by atoms with van der Waals surface area (Å²) in [6.45, 7) is 13.4. The Bertz CT molecular complexity index is 698. The molecule has 3 rings (SSSR count). The molecule has 1 aromatic heterocycles. The van der Waals surface area contributed by atoms with Crippen LogP contribution in [0.4, 0.5) is 0 Å². The number of quaternary nitrogens is 2. The second kappa shape index (κ2) is 18.7. The maximum atomic E-state index is 3.60. The molecule has 0 bridgehead atoms. The van der Waals surface area contributed by atoms with E-state index in [1.165, 1.54) is 28.2 Å². The van der Waals surface area contributed by atoms with Crippen molar-refractivity contribution in [2.24, 2.45) is 0 Å². The van der Waals surface area contributed by atoms with Crippen LogP contribution in [0.15, 0.2) is 79.8 Å². The lowest BCUT2D eigenvalue weighted by molar-refractivity contribution is -0.274. The Morgan fingerprint density at radius 3 is 1.85 bits per heavy atom. The van der Waals surface area contributed by atoms with Crippen molar-refractivity contribution in [3.63, 3.8) is 0 Å². The first-order valence-electron chi connectivity index (χ1n) is 9.16. The van der Waals surface area contributed by atoms with Crippen molar-refractivity contribution in [2.75, 3.05) is 0 Å². The first kappa shape index (κ1) is 25.6. The molecule has 26 heavy (non-hydrogen) atoms. The summed E-state index contributed by atoms with van der Waals surface area (Å²) in [5, 5.41) is 1.32. The summed E-state index contributed by atoms with van der Waals surface area (Å²) in [6, 6.07) is 18.4. The normalized spacial score (nSPS) is 8.58. The molecular formula is C23H37N3+2. The second-order valence-electron chi connectivity index (χ2n) is 4.62. The minimum atomic E-state index is 1.20. The number of fused-ring (bicyclic) bond motifs is 1. The van der Waals surface area contributed by atoms with Crippen molar-refractivity contribution >= 4 is 17.0 Å². The minimum absolute atomic E-state index is 1.20. The lowest BCUT2D eigenvalue weighted by atomic mass is 10.2. The zero-order valence-corrected chi connectivity index (χ0v) is 17.1. The van der Waals surface area contributed by atoms with Gasteiger partial charge >= 0.3 is 0 Å². The third kappa shape index (κ3) is 11.0. The lowest BCUT2D eigenvalue weighted by Gasteiger charge is -1.86. The summed E-state index contributed by atoms with van der Waals surface area (Å²) < 4.78 is 0. The number of aromatic nitrogens is 1. The second-order valence-corrected chi connectivity index (χ2v) is 4.62. The van der Waals surface area contributed by atoms with Gasteiger partial charge in [0.2, 0.25) is 0 Å². The van der Waals surface area contributed by atoms with E-state index in [0.29, 0.717) is 0 Å². The molecule has 0 radical (unpaired) electrons. The number of aryl methyl sites for hydroxylation is 1. The molecule has 0 amide bonds. The van der Waals surface area contributed by atoms with E-state index in [1.54, 1.807) is 6.20 Å². The molecule has 0 aliphatic carbocycles. The van der Waals surface area contributed by atoms with Gasteiger partial charge in [0, 0.05) is 17.1 Å². The fraction of sp³-hybridized carbons (Fsp3) is 0.217. The molecule has 0 aliphatic rings. The number of rotatable bonds is 1. The van der Waals surface area contributed by atoms with Crippen molar-refractivity contribution in [1.29, 1.82) is 0 Å². The molecule has 0 spiro atoms. The van der Waals surface area contributed by atoms with Crippen LogP contribution in [0.1, 0.15) is 38.8 Å². The third-order valence-corrected chi connectivity index (χ3v) is 2.91. The Labute approximate surface area is 159 Å². The number of H-pyrrole nitrogens is 1. The Morgan fingerprint density at radius 1 is 0.846 bits per heavy atom. The van der Waals surface area contributed by atoms with Crippen LogP contribution in [-0.2, 0) is 0 Å². The van der Waals surface area contributed by atoms with Gasteiger partial charge in [0.25, 0.3) is 0 Å². The molecule has 3 aromatic rings. The van der Waals surface area contributed by atoms with E-state index >= 15 is 0 Å². The summed E-state index contributed by atoms with van der Waals surface area (Å²) in [4.78, 5) is 3.19. The van der Waals surface area contributed by atoms with Gasteiger partial charge in [-0.3, -0.25) is 0 Å². The van der Waals surface area contributed by atoms with Gasteiger partial charge in [-0.1, -0.05) is 76.2 Å². The van der Waals surface area contributed by atoms with Crippen LogP contribution in [0, 0.1) is 6.92 Å². The van der Waals surface area contributed by atoms with Crippen LogP contribution in [0.5, 0.6) is 0 Å². The van der Waals surface area contributed by atoms with E-state index in [9.17, 15) is 0 Å². The van der Waals surface area contributed by atoms with E-state index < -0.39 is 0 Å². The van der Waals surface area contributed by atoms with E-state index in [1.807, 2.05) is 76.4 Å². The van der Waals surface area contributed by atoms with Gasteiger partial charge < -0.3 is 16.5 Å². The molecule has 0 unspecified atom stereocenters. The van der Waals surface area contributed by atoms with Crippen LogP contribution in [0.25, 0.3) is 17.0 Å². The van der Waals surface area contributed by atoms with Crippen LogP contribution in [0.3, 0.4) is 0 Å². The SMILES string of the molecule is C=C[NH3+].CC.CC.Cc1c[nH]c2ccccc12.[NH3+]/C=C/c1ccccc1. The van der Waals surface area contributed by atoms with Crippen LogP contribution >= 0.6 is 0 Å². The molecule has 2 aromatic carbocycles. The Kier molecular flexibility index (Phi) is 18.4. The van der Waals surface area contributed by atoms with Crippen molar-refractivity contribution in [1.82, 2.24) is 4.98 Å². The zero-order valence-electron chi connectivity index (χ0n) is 17.1. The Morgan fingerprint density at radius 2 is 1.35 bits per heavy atom. The van der Waals surface area contributed by atoms with Gasteiger partial charge in [0.15, 0.2) is 0 Å². The standard InChI is InChI=1S/C9H9N.C8H9N.C2H5N.2C2H6/c1-7-6-10-9-5-3-2-4-8(7)9;9-7-6-8-4-2-1-3-5-8;1-2-3;2*1-2/h2-6,10H,1H3;1-7H,9H2;2H,1,3H2;2*1-2H3/p+2/b;7-6+;;;. The largest absolute Gasteiger partial charge is 0.361 e. The molecule has 142 valence electrons. The summed E-state index contributed by atoms with van der Waals surface area (Å²) in [6.07, 6.45) is 7.29. The first-order chi connectivity index (χ1) is 12.7. The molecule has 7 N–H and O–H groups in total. The predicted octanol–water partition coefficient (Wildman–Crippen LogP) is 4.80.